The number of para-hydroxylation sites is 2. The lowest BCUT2D eigenvalue weighted by molar-refractivity contribution is 0.607. The fourth-order valence-electron chi connectivity index (χ4n) is 9.11. The van der Waals surface area contributed by atoms with Crippen LogP contribution in [-0.2, 0) is 6.42 Å². The van der Waals surface area contributed by atoms with E-state index in [1.807, 2.05) is 0 Å². The fourth-order valence-corrected chi connectivity index (χ4v) is 9.11. The van der Waals surface area contributed by atoms with Crippen LogP contribution in [-0.4, -0.2) is 9.13 Å². The van der Waals surface area contributed by atoms with Crippen molar-refractivity contribution in [1.82, 2.24) is 9.13 Å². The summed E-state index contributed by atoms with van der Waals surface area (Å²) in [5.41, 5.74) is 16.0. The molecule has 0 aliphatic heterocycles. The Labute approximate surface area is 341 Å². The van der Waals surface area contributed by atoms with Crippen LogP contribution in [0.4, 0.5) is 0 Å². The number of fused-ring (bicyclic) bond motifs is 6. The second-order valence-corrected chi connectivity index (χ2v) is 15.9. The molecule has 2 heterocycles. The third kappa shape index (κ3) is 6.69. The van der Waals surface area contributed by atoms with E-state index in [0.29, 0.717) is 0 Å². The van der Waals surface area contributed by atoms with Gasteiger partial charge in [0.25, 0.3) is 0 Å². The third-order valence-electron chi connectivity index (χ3n) is 12.1. The van der Waals surface area contributed by atoms with Gasteiger partial charge in [-0.2, -0.15) is 0 Å². The van der Waals surface area contributed by atoms with Gasteiger partial charge < -0.3 is 9.13 Å². The second-order valence-electron chi connectivity index (χ2n) is 15.9. The van der Waals surface area contributed by atoms with Crippen molar-refractivity contribution in [2.24, 2.45) is 0 Å². The number of aromatic nitrogens is 2. The van der Waals surface area contributed by atoms with Gasteiger partial charge in [0.05, 0.1) is 22.1 Å². The molecule has 0 unspecified atom stereocenters. The van der Waals surface area contributed by atoms with Crippen molar-refractivity contribution >= 4 is 43.6 Å². The molecule has 2 nitrogen and oxygen atoms in total. The SMILES string of the molecule is CCCCCCCCc1ccc(-c2cccc(-n3c4ccccc4c4cc(-c5ccc6c(c5)c5ccccc5n6-c5cccc(-c6ccccc6)c5)ccc43)c2)cc1. The molecule has 10 aromatic rings. The number of nitrogens with zero attached hydrogens (tertiary/aromatic N) is 2. The van der Waals surface area contributed by atoms with Crippen LogP contribution in [0.3, 0.4) is 0 Å². The number of unbranched alkanes of at least 4 members (excludes halogenated alkanes) is 5. The van der Waals surface area contributed by atoms with Crippen LogP contribution < -0.4 is 0 Å². The monoisotopic (exact) mass is 748 g/mol. The van der Waals surface area contributed by atoms with Gasteiger partial charge in [0.1, 0.15) is 0 Å². The highest BCUT2D eigenvalue weighted by molar-refractivity contribution is 6.12. The molecule has 0 fully saturated rings. The van der Waals surface area contributed by atoms with Crippen LogP contribution in [0.15, 0.2) is 188 Å². The van der Waals surface area contributed by atoms with E-state index in [1.54, 1.807) is 0 Å². The highest BCUT2D eigenvalue weighted by Crippen LogP contribution is 2.39. The molecule has 10 rings (SSSR count). The molecule has 282 valence electrons. The molecule has 2 heteroatoms. The summed E-state index contributed by atoms with van der Waals surface area (Å²) in [5.74, 6) is 0. The van der Waals surface area contributed by atoms with E-state index in [-0.39, 0.29) is 0 Å². The predicted octanol–water partition coefficient (Wildman–Crippen LogP) is 15.8. The van der Waals surface area contributed by atoms with Crippen LogP contribution in [0.25, 0.3) is 88.4 Å². The number of benzene rings is 8. The van der Waals surface area contributed by atoms with Crippen molar-refractivity contribution in [3.05, 3.63) is 194 Å². The Kier molecular flexibility index (Phi) is 9.69. The van der Waals surface area contributed by atoms with Crippen molar-refractivity contribution in [2.75, 3.05) is 0 Å². The summed E-state index contributed by atoms with van der Waals surface area (Å²) in [6, 6.07) is 69.5. The first-order valence-corrected chi connectivity index (χ1v) is 21.2. The first kappa shape index (κ1) is 35.8. The lowest BCUT2D eigenvalue weighted by Crippen LogP contribution is -1.94. The van der Waals surface area contributed by atoms with Gasteiger partial charge in [0.15, 0.2) is 0 Å². The quantitative estimate of drug-likeness (QED) is 0.110. The highest BCUT2D eigenvalue weighted by atomic mass is 15.0. The molecule has 2 aromatic heterocycles. The minimum absolute atomic E-state index is 1.16. The van der Waals surface area contributed by atoms with Gasteiger partial charge in [-0.25, -0.2) is 0 Å². The molecule has 0 bridgehead atoms. The number of hydrogen-bond acceptors (Lipinski definition) is 0. The molecular weight excluding hydrogens is 701 g/mol. The maximum absolute atomic E-state index is 2.44. The molecule has 0 saturated carbocycles. The Hall–Kier alpha value is -6.64. The van der Waals surface area contributed by atoms with Gasteiger partial charge in [0, 0.05) is 32.9 Å². The van der Waals surface area contributed by atoms with Crippen LogP contribution >= 0.6 is 0 Å². The van der Waals surface area contributed by atoms with Gasteiger partial charge in [-0.05, 0) is 112 Å². The van der Waals surface area contributed by atoms with E-state index in [2.05, 4.69) is 204 Å². The van der Waals surface area contributed by atoms with E-state index < -0.39 is 0 Å². The largest absolute Gasteiger partial charge is 0.309 e. The average Bonchev–Trinajstić information content (AvgIpc) is 3.80. The Morgan fingerprint density at radius 1 is 0.310 bits per heavy atom. The van der Waals surface area contributed by atoms with Crippen LogP contribution in [0, 0.1) is 0 Å². The molecule has 0 saturated heterocycles. The molecule has 0 amide bonds. The van der Waals surface area contributed by atoms with Gasteiger partial charge in [-0.15, -0.1) is 0 Å². The zero-order valence-corrected chi connectivity index (χ0v) is 33.2. The summed E-state index contributed by atoms with van der Waals surface area (Å²) in [4.78, 5) is 0. The first-order chi connectivity index (χ1) is 28.7. The summed E-state index contributed by atoms with van der Waals surface area (Å²) in [6.45, 7) is 2.28. The van der Waals surface area contributed by atoms with Crippen molar-refractivity contribution in [2.45, 2.75) is 51.9 Å². The topological polar surface area (TPSA) is 9.86 Å². The molecular formula is C56H48N2. The number of hydrogen-bond donors (Lipinski definition) is 0. The van der Waals surface area contributed by atoms with Crippen LogP contribution in [0.5, 0.6) is 0 Å². The predicted molar refractivity (Wildman–Crippen MR) is 249 cm³/mol. The Morgan fingerprint density at radius 2 is 0.741 bits per heavy atom. The summed E-state index contributed by atoms with van der Waals surface area (Å²) in [5, 5.41) is 5.04. The van der Waals surface area contributed by atoms with E-state index in [0.717, 1.165) is 6.42 Å². The third-order valence-corrected chi connectivity index (χ3v) is 12.1. The van der Waals surface area contributed by atoms with E-state index in [9.17, 15) is 0 Å². The minimum Gasteiger partial charge on any atom is -0.309 e. The maximum Gasteiger partial charge on any atom is 0.0541 e. The van der Waals surface area contributed by atoms with Crippen molar-refractivity contribution in [1.29, 1.82) is 0 Å². The normalized spacial score (nSPS) is 11.7. The van der Waals surface area contributed by atoms with Gasteiger partial charge in [-0.3, -0.25) is 0 Å². The highest BCUT2D eigenvalue weighted by Gasteiger charge is 2.17. The maximum atomic E-state index is 2.44. The zero-order valence-electron chi connectivity index (χ0n) is 33.2. The Balaban J connectivity index is 0.999. The van der Waals surface area contributed by atoms with Crippen molar-refractivity contribution in [3.63, 3.8) is 0 Å². The Bertz CT molecular complexity index is 3030. The van der Waals surface area contributed by atoms with E-state index >= 15 is 0 Å². The van der Waals surface area contributed by atoms with Gasteiger partial charge in [0.2, 0.25) is 0 Å². The molecule has 0 N–H and O–H groups in total. The van der Waals surface area contributed by atoms with E-state index in [4.69, 9.17) is 0 Å². The van der Waals surface area contributed by atoms with E-state index in [1.165, 1.54) is 132 Å². The molecule has 0 radical (unpaired) electrons. The second kappa shape index (κ2) is 15.7. The summed E-state index contributed by atoms with van der Waals surface area (Å²) >= 11 is 0. The number of aryl methyl sites for hydroxylation is 1. The summed E-state index contributed by atoms with van der Waals surface area (Å²) < 4.78 is 4.85. The average molecular weight is 749 g/mol. The standard InChI is InChI=1S/C56H48N2/c1-2-3-4-5-6-8-17-40-28-30-42(31-29-40)44-21-16-23-48(37-44)58-54-27-14-12-25-50(54)52-39-46(33-35-56(52)58)45-32-34-55-51(38-45)49-24-11-13-26-53(49)57(55)47-22-15-20-43(36-47)41-18-9-7-10-19-41/h7,9-16,18-39H,2-6,8,17H2,1H3. The van der Waals surface area contributed by atoms with Crippen molar-refractivity contribution < 1.29 is 0 Å². The summed E-state index contributed by atoms with van der Waals surface area (Å²) in [7, 11) is 0. The molecule has 0 aliphatic rings. The molecule has 0 atom stereocenters. The van der Waals surface area contributed by atoms with Crippen LogP contribution in [0.1, 0.15) is 51.0 Å². The fraction of sp³-hybridized carbons (Fsp3) is 0.143. The van der Waals surface area contributed by atoms with Crippen molar-refractivity contribution in [3.8, 4) is 44.8 Å². The number of rotatable bonds is 12. The lowest BCUT2D eigenvalue weighted by Gasteiger charge is -2.12. The van der Waals surface area contributed by atoms with Gasteiger partial charge in [-0.1, -0.05) is 166 Å². The molecule has 58 heavy (non-hydrogen) atoms. The van der Waals surface area contributed by atoms with Gasteiger partial charge >= 0.3 is 0 Å². The smallest absolute Gasteiger partial charge is 0.0541 e. The molecule has 0 spiro atoms. The lowest BCUT2D eigenvalue weighted by atomic mass is 10.00. The molecule has 8 aromatic carbocycles. The van der Waals surface area contributed by atoms with Crippen LogP contribution in [0.2, 0.25) is 0 Å². The minimum atomic E-state index is 1.16. The first-order valence-electron chi connectivity index (χ1n) is 21.2. The molecule has 0 aliphatic carbocycles. The summed E-state index contributed by atoms with van der Waals surface area (Å²) in [6.07, 6.45) is 9.16. The zero-order chi connectivity index (χ0) is 38.8. The Morgan fingerprint density at radius 3 is 1.31 bits per heavy atom.